The Hall–Kier alpha value is -0.350. The van der Waals surface area contributed by atoms with Crippen LogP contribution in [0.1, 0.15) is 40.5 Å². The van der Waals surface area contributed by atoms with E-state index in [1.54, 1.807) is 13.8 Å². The van der Waals surface area contributed by atoms with Crippen molar-refractivity contribution in [2.24, 2.45) is 0 Å². The van der Waals surface area contributed by atoms with Crippen LogP contribution in [0, 0.1) is 0 Å². The van der Waals surface area contributed by atoms with Crippen LogP contribution >= 0.6 is 0 Å². The van der Waals surface area contributed by atoms with Gasteiger partial charge in [-0.25, -0.2) is 8.42 Å². The number of hydrogen-bond donors (Lipinski definition) is 1. The van der Waals surface area contributed by atoms with Gasteiger partial charge in [-0.15, -0.1) is 0 Å². The zero-order chi connectivity index (χ0) is 13.0. The van der Waals surface area contributed by atoms with Crippen molar-refractivity contribution < 1.29 is 8.42 Å². The van der Waals surface area contributed by atoms with Crippen LogP contribution in [-0.4, -0.2) is 32.0 Å². The molecule has 0 aromatic heterocycles. The number of rotatable bonds is 7. The molecule has 0 aliphatic rings. The Kier molecular flexibility index (Phi) is 5.70. The minimum Gasteiger partial charge on any atom is -0.312 e. The summed E-state index contributed by atoms with van der Waals surface area (Å²) in [4.78, 5) is 0. The average Bonchev–Trinajstić information content (AvgIpc) is 2.15. The van der Waals surface area contributed by atoms with Gasteiger partial charge >= 0.3 is 0 Å². The third kappa shape index (κ3) is 3.91. The van der Waals surface area contributed by atoms with Gasteiger partial charge in [0.25, 0.3) is 0 Å². The third-order valence-electron chi connectivity index (χ3n) is 3.24. The molecule has 3 nitrogen and oxygen atoms in total. The minimum absolute atomic E-state index is 0.0695. The summed E-state index contributed by atoms with van der Waals surface area (Å²) in [6, 6.07) is -0.0695. The van der Waals surface area contributed by atoms with Crippen molar-refractivity contribution in [2.75, 3.05) is 12.8 Å². The van der Waals surface area contributed by atoms with E-state index in [1.165, 1.54) is 6.26 Å². The van der Waals surface area contributed by atoms with Gasteiger partial charge in [-0.3, -0.25) is 0 Å². The van der Waals surface area contributed by atoms with E-state index in [2.05, 4.69) is 11.9 Å². The van der Waals surface area contributed by atoms with E-state index in [0.717, 1.165) is 18.5 Å². The Morgan fingerprint density at radius 1 is 1.38 bits per heavy atom. The summed E-state index contributed by atoms with van der Waals surface area (Å²) in [5, 5.41) is 3.25. The number of nitrogens with one attached hydrogen (secondary N) is 1. The molecule has 0 rings (SSSR count). The van der Waals surface area contributed by atoms with Crippen molar-refractivity contribution in [1.82, 2.24) is 5.32 Å². The lowest BCUT2D eigenvalue weighted by Crippen LogP contribution is -2.51. The van der Waals surface area contributed by atoms with Gasteiger partial charge in [0.05, 0.1) is 4.75 Å². The molecule has 4 heteroatoms. The highest BCUT2D eigenvalue weighted by molar-refractivity contribution is 7.92. The Morgan fingerprint density at radius 3 is 2.19 bits per heavy atom. The smallest absolute Gasteiger partial charge is 0.154 e. The first-order valence-corrected chi connectivity index (χ1v) is 7.65. The second-order valence-electron chi connectivity index (χ2n) is 4.79. The van der Waals surface area contributed by atoms with Gasteiger partial charge in [0.2, 0.25) is 0 Å². The predicted octanol–water partition coefficient (Wildman–Crippen LogP) is 2.14. The Morgan fingerprint density at radius 2 is 1.88 bits per heavy atom. The summed E-state index contributed by atoms with van der Waals surface area (Å²) in [7, 11) is -3.08. The second kappa shape index (κ2) is 5.82. The molecule has 0 bridgehead atoms. The summed E-state index contributed by atoms with van der Waals surface area (Å²) in [6.07, 6.45) is 2.90. The number of hydrogen-bond acceptors (Lipinski definition) is 3. The van der Waals surface area contributed by atoms with E-state index in [1.807, 2.05) is 13.8 Å². The third-order valence-corrected chi connectivity index (χ3v) is 5.43. The molecule has 0 saturated carbocycles. The Bertz CT molecular complexity index is 331. The lowest BCUT2D eigenvalue weighted by atomic mass is 9.95. The summed E-state index contributed by atoms with van der Waals surface area (Å²) in [5.74, 6) is 0. The first-order valence-electron chi connectivity index (χ1n) is 5.76. The first kappa shape index (κ1) is 15.7. The molecule has 0 aliphatic carbocycles. The maximum Gasteiger partial charge on any atom is 0.154 e. The van der Waals surface area contributed by atoms with Gasteiger partial charge < -0.3 is 5.32 Å². The number of sulfone groups is 1. The van der Waals surface area contributed by atoms with Crippen molar-refractivity contribution in [3.05, 3.63) is 12.2 Å². The molecule has 0 fully saturated rings. The van der Waals surface area contributed by atoms with Crippen LogP contribution in [0.25, 0.3) is 0 Å². The molecule has 1 atom stereocenters. The lowest BCUT2D eigenvalue weighted by molar-refractivity contribution is 0.411. The second-order valence-corrected chi connectivity index (χ2v) is 7.39. The SMILES string of the molecule is C=C(CC)CC(NCC)C(C)(C)S(C)(=O)=O. The van der Waals surface area contributed by atoms with E-state index in [9.17, 15) is 8.42 Å². The van der Waals surface area contributed by atoms with Crippen LogP contribution in [0.4, 0.5) is 0 Å². The highest BCUT2D eigenvalue weighted by atomic mass is 32.2. The fraction of sp³-hybridized carbons (Fsp3) is 0.833. The molecular weight excluding hydrogens is 222 g/mol. The molecule has 0 aromatic rings. The van der Waals surface area contributed by atoms with Crippen LogP contribution < -0.4 is 5.32 Å². The van der Waals surface area contributed by atoms with Gasteiger partial charge in [0.1, 0.15) is 0 Å². The predicted molar refractivity (Wildman–Crippen MR) is 70.4 cm³/mol. The van der Waals surface area contributed by atoms with Gasteiger partial charge in [-0.1, -0.05) is 26.0 Å². The quantitative estimate of drug-likeness (QED) is 0.701. The molecule has 0 aliphatic heterocycles. The van der Waals surface area contributed by atoms with E-state index in [4.69, 9.17) is 0 Å². The molecule has 0 spiro atoms. The minimum atomic E-state index is -3.08. The molecule has 1 unspecified atom stereocenters. The maximum absolute atomic E-state index is 11.8. The summed E-state index contributed by atoms with van der Waals surface area (Å²) >= 11 is 0. The largest absolute Gasteiger partial charge is 0.312 e. The summed E-state index contributed by atoms with van der Waals surface area (Å²) < 4.78 is 22.8. The van der Waals surface area contributed by atoms with Crippen molar-refractivity contribution in [1.29, 1.82) is 0 Å². The van der Waals surface area contributed by atoms with Gasteiger partial charge in [-0.2, -0.15) is 0 Å². The van der Waals surface area contributed by atoms with E-state index in [-0.39, 0.29) is 6.04 Å². The molecule has 0 saturated heterocycles. The summed E-state index contributed by atoms with van der Waals surface area (Å²) in [6.45, 7) is 12.3. The van der Waals surface area contributed by atoms with Crippen LogP contribution in [-0.2, 0) is 9.84 Å². The molecule has 0 aromatic carbocycles. The molecular formula is C12H25NO2S. The fourth-order valence-corrected chi connectivity index (χ4v) is 2.19. The molecule has 0 heterocycles. The normalized spacial score (nSPS) is 14.8. The molecule has 0 radical (unpaired) electrons. The monoisotopic (exact) mass is 247 g/mol. The summed E-state index contributed by atoms with van der Waals surface area (Å²) in [5.41, 5.74) is 1.09. The molecule has 0 amide bonds. The van der Waals surface area contributed by atoms with Crippen LogP contribution in [0.2, 0.25) is 0 Å². The topological polar surface area (TPSA) is 46.2 Å². The van der Waals surface area contributed by atoms with Crippen LogP contribution in [0.3, 0.4) is 0 Å². The fourth-order valence-electron chi connectivity index (χ4n) is 1.50. The van der Waals surface area contributed by atoms with Gasteiger partial charge in [0.15, 0.2) is 9.84 Å². The maximum atomic E-state index is 11.8. The standard InChI is InChI=1S/C12H25NO2S/c1-7-10(3)9-11(13-8-2)12(4,5)16(6,14)15/h11,13H,3,7-9H2,1-2,4-6H3. The highest BCUT2D eigenvalue weighted by Gasteiger charge is 2.38. The van der Waals surface area contributed by atoms with Crippen molar-refractivity contribution in [3.8, 4) is 0 Å². The van der Waals surface area contributed by atoms with Crippen LogP contribution in [0.15, 0.2) is 12.2 Å². The molecule has 16 heavy (non-hydrogen) atoms. The van der Waals surface area contributed by atoms with E-state index >= 15 is 0 Å². The zero-order valence-corrected chi connectivity index (χ0v) is 11.9. The van der Waals surface area contributed by atoms with Gasteiger partial charge in [-0.05, 0) is 33.2 Å². The van der Waals surface area contributed by atoms with Crippen LogP contribution in [0.5, 0.6) is 0 Å². The average molecular weight is 247 g/mol. The van der Waals surface area contributed by atoms with E-state index < -0.39 is 14.6 Å². The van der Waals surface area contributed by atoms with Gasteiger partial charge in [0, 0.05) is 12.3 Å². The van der Waals surface area contributed by atoms with E-state index in [0.29, 0.717) is 6.42 Å². The molecule has 96 valence electrons. The van der Waals surface area contributed by atoms with Crippen molar-refractivity contribution in [3.63, 3.8) is 0 Å². The van der Waals surface area contributed by atoms with Crippen molar-refractivity contribution >= 4 is 9.84 Å². The Labute approximate surface area is 100 Å². The Balaban J connectivity index is 4.97. The highest BCUT2D eigenvalue weighted by Crippen LogP contribution is 2.25. The molecule has 1 N–H and O–H groups in total. The zero-order valence-electron chi connectivity index (χ0n) is 11.1. The van der Waals surface area contributed by atoms with Crippen molar-refractivity contribution in [2.45, 2.75) is 51.3 Å². The lowest BCUT2D eigenvalue weighted by Gasteiger charge is -2.33. The first-order chi connectivity index (χ1) is 7.16.